The number of primary amides is 1. The first-order chi connectivity index (χ1) is 43.4. The number of carboxylic acids is 1. The maximum absolute atomic E-state index is 14.8. The number of ether oxygens (including phenoxy) is 2. The van der Waals surface area contributed by atoms with Crippen LogP contribution in [0.1, 0.15) is 139 Å². The van der Waals surface area contributed by atoms with Gasteiger partial charge < -0.3 is 67.3 Å². The summed E-state index contributed by atoms with van der Waals surface area (Å²) >= 11 is 0. The minimum absolute atomic E-state index is 0.0280. The SMILES string of the molecule is CC[C@H](C)[C@@H]([C@@H](CC(=O)N1CCC[C@H]1[C@H](OC)[C@@H](C)C(=O)N[C@@H](Cc1ccccc1)C(=O)O)OC)N(C)C(=O)[C@@H](NC(=O)[C@H](C(C)C)N(C)C[C@@H](C)NC(=O)CNC(=O)[C@H](CCCNC(N)=O)NC(=O)[C@@H](NC(=O)CCCCCN1C(=O)C=CC1=O)C(C)C)C(C)C. The Kier molecular flexibility index (Phi) is 33.5. The number of urea groups is 1. The number of hydrogen-bond donors (Lipinski definition) is 9. The minimum atomic E-state index is -1.19. The zero-order chi connectivity index (χ0) is 69.1. The summed E-state index contributed by atoms with van der Waals surface area (Å²) in [4.78, 5) is 165. The highest BCUT2D eigenvalue weighted by Crippen LogP contribution is 2.30. The van der Waals surface area contributed by atoms with Gasteiger partial charge in [0.2, 0.25) is 47.3 Å². The molecule has 0 bridgehead atoms. The first-order valence-corrected chi connectivity index (χ1v) is 32.3. The van der Waals surface area contributed by atoms with Crippen LogP contribution in [0, 0.1) is 29.6 Å². The van der Waals surface area contributed by atoms with Crippen molar-refractivity contribution in [2.45, 2.75) is 200 Å². The van der Waals surface area contributed by atoms with Crippen LogP contribution >= 0.6 is 0 Å². The molecule has 27 heteroatoms. The molecule has 0 spiro atoms. The van der Waals surface area contributed by atoms with Gasteiger partial charge in [0.05, 0.1) is 49.2 Å². The van der Waals surface area contributed by atoms with Crippen LogP contribution in [0.5, 0.6) is 0 Å². The molecule has 2 heterocycles. The lowest BCUT2D eigenvalue weighted by molar-refractivity contribution is -0.148. The Bertz CT molecular complexity index is 2660. The highest BCUT2D eigenvalue weighted by atomic mass is 16.5. The number of rotatable bonds is 41. The molecule has 1 aromatic carbocycles. The van der Waals surface area contributed by atoms with Crippen LogP contribution in [0.4, 0.5) is 4.79 Å². The number of unbranched alkanes of at least 4 members (excludes halogenated alkanes) is 2. The third kappa shape index (κ3) is 24.5. The number of nitrogens with zero attached hydrogens (tertiary/aromatic N) is 4. The molecule has 1 fully saturated rings. The first kappa shape index (κ1) is 78.7. The van der Waals surface area contributed by atoms with Crippen molar-refractivity contribution in [2.75, 3.05) is 61.0 Å². The van der Waals surface area contributed by atoms with E-state index in [9.17, 15) is 62.6 Å². The highest BCUT2D eigenvalue weighted by molar-refractivity contribution is 6.12. The zero-order valence-corrected chi connectivity index (χ0v) is 56.5. The molecule has 27 nitrogen and oxygen atoms in total. The molecule has 12 atom stereocenters. The summed E-state index contributed by atoms with van der Waals surface area (Å²) < 4.78 is 12.0. The zero-order valence-electron chi connectivity index (χ0n) is 56.5. The van der Waals surface area contributed by atoms with E-state index < -0.39 is 138 Å². The number of amides is 12. The number of nitrogens with two attached hydrogens (primary N) is 1. The topological polar surface area (TPSA) is 367 Å². The Balaban J connectivity index is 1.66. The van der Waals surface area contributed by atoms with Crippen LogP contribution in [0.15, 0.2) is 42.5 Å². The van der Waals surface area contributed by atoms with E-state index in [-0.39, 0.29) is 81.3 Å². The standard InChI is InChI=1S/C65H106N12O15/c1-15-41(8)57(48(91-13)35-53(82)76-33-23-27-47(76)58(92-14)43(10)59(83)71-46(64(88)89)34-44-24-18-16-19-25-44)75(12)63(87)55(39(4)5)73-62(86)56(40(6)7)74(11)37-42(9)69-50(79)36-68-60(84)45(26-22-31-67-65(66)90)70-61(85)54(38(2)3)72-49(78)28-20-17-21-32-77-51(80)29-30-52(77)81/h16,18-19,24-25,29-30,38-43,45-48,54-58H,15,17,20-23,26-28,31-37H2,1-14H3,(H,68,84)(H,69,79)(H,70,85)(H,71,83)(H,72,78)(H,73,86)(H,88,89)(H3,66,67,90)/t41-,42+,43+,45-,46-,47-,48+,54-,55-,56-,57-,58+/m0/s1. The van der Waals surface area contributed by atoms with E-state index in [0.29, 0.717) is 45.1 Å². The van der Waals surface area contributed by atoms with Gasteiger partial charge in [0.1, 0.15) is 24.2 Å². The van der Waals surface area contributed by atoms with Crippen molar-refractivity contribution in [3.8, 4) is 0 Å². The molecule has 2 aliphatic heterocycles. The number of hydrogen-bond acceptors (Lipinski definition) is 15. The van der Waals surface area contributed by atoms with E-state index in [1.54, 1.807) is 80.8 Å². The van der Waals surface area contributed by atoms with E-state index in [2.05, 4.69) is 37.2 Å². The fraction of sp³-hybridized carbons (Fsp3) is 0.692. The maximum Gasteiger partial charge on any atom is 0.326 e. The molecule has 0 saturated carbocycles. The number of imide groups is 1. The summed E-state index contributed by atoms with van der Waals surface area (Å²) in [5.74, 6) is -7.99. The predicted octanol–water partition coefficient (Wildman–Crippen LogP) is 2.00. The number of benzene rings is 1. The Morgan fingerprint density at radius 1 is 0.707 bits per heavy atom. The Morgan fingerprint density at radius 3 is 1.90 bits per heavy atom. The fourth-order valence-corrected chi connectivity index (χ4v) is 12.1. The van der Waals surface area contributed by atoms with Gasteiger partial charge in [-0.1, -0.05) is 105 Å². The lowest BCUT2D eigenvalue weighted by Crippen LogP contribution is -2.60. The molecular weight excluding hydrogens is 1190 g/mol. The minimum Gasteiger partial charge on any atom is -0.480 e. The van der Waals surface area contributed by atoms with Gasteiger partial charge in [0, 0.05) is 78.5 Å². The number of likely N-dealkylation sites (tertiary alicyclic amines) is 1. The van der Waals surface area contributed by atoms with Gasteiger partial charge in [-0.3, -0.25) is 57.7 Å². The second-order valence-corrected chi connectivity index (χ2v) is 25.5. The molecule has 2 aliphatic rings. The Morgan fingerprint density at radius 2 is 1.34 bits per heavy atom. The number of nitrogens with one attached hydrogen (secondary N) is 7. The molecule has 516 valence electrons. The van der Waals surface area contributed by atoms with E-state index in [1.165, 1.54) is 26.4 Å². The van der Waals surface area contributed by atoms with Gasteiger partial charge in [0.15, 0.2) is 0 Å². The van der Waals surface area contributed by atoms with Gasteiger partial charge in [0.25, 0.3) is 11.8 Å². The summed E-state index contributed by atoms with van der Waals surface area (Å²) in [5, 5.41) is 29.0. The highest BCUT2D eigenvalue weighted by Gasteiger charge is 2.44. The largest absolute Gasteiger partial charge is 0.480 e. The number of carbonyl (C=O) groups excluding carboxylic acids is 11. The quantitative estimate of drug-likeness (QED) is 0.0334. The third-order valence-electron chi connectivity index (χ3n) is 17.2. The van der Waals surface area contributed by atoms with Gasteiger partial charge in [-0.15, -0.1) is 0 Å². The number of carbonyl (C=O) groups is 12. The van der Waals surface area contributed by atoms with Crippen molar-refractivity contribution in [2.24, 2.45) is 35.3 Å². The van der Waals surface area contributed by atoms with Crippen LogP contribution in [0.3, 0.4) is 0 Å². The van der Waals surface area contributed by atoms with Crippen molar-refractivity contribution < 1.29 is 72.1 Å². The van der Waals surface area contributed by atoms with Crippen LogP contribution in [0.25, 0.3) is 0 Å². The lowest BCUT2D eigenvalue weighted by Gasteiger charge is -2.41. The van der Waals surface area contributed by atoms with E-state index in [0.717, 1.165) is 10.5 Å². The van der Waals surface area contributed by atoms with Gasteiger partial charge in [-0.2, -0.15) is 0 Å². The van der Waals surface area contributed by atoms with Crippen molar-refractivity contribution in [1.29, 1.82) is 0 Å². The van der Waals surface area contributed by atoms with Gasteiger partial charge in [-0.25, -0.2) is 9.59 Å². The summed E-state index contributed by atoms with van der Waals surface area (Å²) in [5.41, 5.74) is 5.97. The average Bonchev–Trinajstić information content (AvgIpc) is 1.36. The van der Waals surface area contributed by atoms with Crippen LogP contribution in [0.2, 0.25) is 0 Å². The second-order valence-electron chi connectivity index (χ2n) is 25.5. The summed E-state index contributed by atoms with van der Waals surface area (Å²) in [6.07, 6.45) is 4.37. The summed E-state index contributed by atoms with van der Waals surface area (Å²) in [6, 6.07) is 1.27. The maximum atomic E-state index is 14.8. The normalized spacial score (nSPS) is 17.6. The molecule has 1 saturated heterocycles. The van der Waals surface area contributed by atoms with Gasteiger partial charge >= 0.3 is 12.0 Å². The first-order valence-electron chi connectivity index (χ1n) is 32.3. The molecule has 0 aliphatic carbocycles. The monoisotopic (exact) mass is 1290 g/mol. The van der Waals surface area contributed by atoms with E-state index >= 15 is 0 Å². The van der Waals surface area contributed by atoms with E-state index in [1.807, 2.05) is 47.6 Å². The number of methoxy groups -OCH3 is 2. The molecular formula is C65H106N12O15. The average molecular weight is 1300 g/mol. The summed E-state index contributed by atoms with van der Waals surface area (Å²) in [7, 11) is 6.31. The van der Waals surface area contributed by atoms with E-state index in [4.69, 9.17) is 15.2 Å². The van der Waals surface area contributed by atoms with Crippen molar-refractivity contribution in [3.63, 3.8) is 0 Å². The smallest absolute Gasteiger partial charge is 0.326 e. The number of aliphatic carboxylic acids is 1. The number of carboxylic acid groups (broad SMARTS) is 1. The van der Waals surface area contributed by atoms with Crippen molar-refractivity contribution in [1.82, 2.24) is 56.8 Å². The molecule has 0 aromatic heterocycles. The molecule has 92 heavy (non-hydrogen) atoms. The fourth-order valence-electron chi connectivity index (χ4n) is 12.1. The predicted molar refractivity (Wildman–Crippen MR) is 344 cm³/mol. The van der Waals surface area contributed by atoms with Crippen LogP contribution in [-0.2, 0) is 68.6 Å². The van der Waals surface area contributed by atoms with Crippen LogP contribution in [-0.4, -0.2) is 217 Å². The molecule has 0 radical (unpaired) electrons. The van der Waals surface area contributed by atoms with Crippen molar-refractivity contribution >= 4 is 71.1 Å². The Hall–Kier alpha value is -7.52. The molecule has 10 N–H and O–H groups in total. The Labute approximate surface area is 542 Å². The van der Waals surface area contributed by atoms with Gasteiger partial charge in [-0.05, 0) is 81.7 Å². The second kappa shape index (κ2) is 39.1. The number of likely N-dealkylation sites (N-methyl/N-ethyl adjacent to an activating group) is 2. The van der Waals surface area contributed by atoms with Crippen molar-refractivity contribution in [3.05, 3.63) is 48.0 Å². The molecule has 0 unspecified atom stereocenters. The molecule has 12 amide bonds. The van der Waals surface area contributed by atoms with Crippen LogP contribution < -0.4 is 43.0 Å². The molecule has 3 rings (SSSR count). The third-order valence-corrected chi connectivity index (χ3v) is 17.2. The summed E-state index contributed by atoms with van der Waals surface area (Å²) in [6.45, 7) is 18.5. The lowest BCUT2D eigenvalue weighted by atomic mass is 9.89. The molecule has 1 aromatic rings.